The van der Waals surface area contributed by atoms with E-state index in [-0.39, 0.29) is 37.5 Å². The highest BCUT2D eigenvalue weighted by atomic mass is 16.6. The summed E-state index contributed by atoms with van der Waals surface area (Å²) < 4.78 is 16.6. The van der Waals surface area contributed by atoms with Gasteiger partial charge in [0.1, 0.15) is 13.2 Å². The van der Waals surface area contributed by atoms with Crippen molar-refractivity contribution in [1.29, 1.82) is 0 Å². The molecular weight excluding hydrogens is 685 g/mol. The Bertz CT molecular complexity index is 1020. The van der Waals surface area contributed by atoms with Crippen molar-refractivity contribution >= 4 is 17.9 Å². The number of carbonyl (C=O) groups excluding carboxylic acids is 3. The molecule has 0 spiro atoms. The van der Waals surface area contributed by atoms with E-state index in [0.717, 1.165) is 89.9 Å². The molecule has 0 saturated heterocycles. The standard InChI is InChI=1S/C49H84O6/c1-4-7-10-13-16-19-22-24-25-26-28-30-33-36-39-42-48(51)54-45-46(44-53-47(50)41-38-35-32-29-21-18-15-12-9-6-3)55-49(52)43-40-37-34-31-27-23-20-17-14-11-8-5-2/h8,11,15,17-20,22,27,31,46H,4-7,9-10,12-14,16,21,23-26,28-30,32-45H2,1-3H3/b11-8-,18-15-,20-17-,22-19-,31-27-. The largest absolute Gasteiger partial charge is 0.462 e. The van der Waals surface area contributed by atoms with E-state index in [4.69, 9.17) is 14.2 Å². The average molecular weight is 769 g/mol. The second-order valence-electron chi connectivity index (χ2n) is 14.9. The molecule has 0 bridgehead atoms. The first-order valence-electron chi connectivity index (χ1n) is 22.8. The van der Waals surface area contributed by atoms with E-state index in [2.05, 4.69) is 81.5 Å². The van der Waals surface area contributed by atoms with Gasteiger partial charge in [-0.3, -0.25) is 14.4 Å². The second-order valence-corrected chi connectivity index (χ2v) is 14.9. The number of ether oxygens (including phenoxy) is 3. The van der Waals surface area contributed by atoms with Crippen molar-refractivity contribution in [2.75, 3.05) is 13.2 Å². The molecule has 0 rings (SSSR count). The Hall–Kier alpha value is -2.89. The highest BCUT2D eigenvalue weighted by molar-refractivity contribution is 5.71. The zero-order chi connectivity index (χ0) is 40.1. The fourth-order valence-electron chi connectivity index (χ4n) is 6.02. The van der Waals surface area contributed by atoms with Gasteiger partial charge in [0, 0.05) is 19.3 Å². The number of esters is 3. The van der Waals surface area contributed by atoms with Crippen LogP contribution in [0.3, 0.4) is 0 Å². The minimum Gasteiger partial charge on any atom is -0.462 e. The van der Waals surface area contributed by atoms with Gasteiger partial charge in [0.05, 0.1) is 0 Å². The molecule has 316 valence electrons. The summed E-state index contributed by atoms with van der Waals surface area (Å²) in [6.45, 7) is 6.40. The van der Waals surface area contributed by atoms with Gasteiger partial charge < -0.3 is 14.2 Å². The van der Waals surface area contributed by atoms with Crippen LogP contribution in [0.1, 0.15) is 213 Å². The van der Waals surface area contributed by atoms with Crippen LogP contribution in [0.4, 0.5) is 0 Å². The lowest BCUT2D eigenvalue weighted by Gasteiger charge is -2.18. The summed E-state index contributed by atoms with van der Waals surface area (Å²) in [7, 11) is 0. The van der Waals surface area contributed by atoms with E-state index >= 15 is 0 Å². The van der Waals surface area contributed by atoms with E-state index in [1.54, 1.807) is 0 Å². The maximum absolute atomic E-state index is 12.7. The van der Waals surface area contributed by atoms with Crippen molar-refractivity contribution < 1.29 is 28.6 Å². The molecule has 0 radical (unpaired) electrons. The Kier molecular flexibility index (Phi) is 41.5. The number of rotatable bonds is 40. The predicted octanol–water partition coefficient (Wildman–Crippen LogP) is 14.5. The van der Waals surface area contributed by atoms with E-state index in [1.807, 2.05) is 0 Å². The number of carbonyl (C=O) groups is 3. The number of unbranched alkanes of at least 4 members (excludes halogenated alkanes) is 19. The summed E-state index contributed by atoms with van der Waals surface area (Å²) in [5.74, 6) is -0.959. The molecule has 0 heterocycles. The summed E-state index contributed by atoms with van der Waals surface area (Å²) in [6, 6.07) is 0. The van der Waals surface area contributed by atoms with Crippen LogP contribution in [0.2, 0.25) is 0 Å². The smallest absolute Gasteiger partial charge is 0.306 e. The molecule has 0 aliphatic carbocycles. The van der Waals surface area contributed by atoms with Gasteiger partial charge >= 0.3 is 17.9 Å². The lowest BCUT2D eigenvalue weighted by molar-refractivity contribution is -0.167. The van der Waals surface area contributed by atoms with Gasteiger partial charge in [-0.15, -0.1) is 0 Å². The quantitative estimate of drug-likeness (QED) is 0.0267. The van der Waals surface area contributed by atoms with Gasteiger partial charge in [0.25, 0.3) is 0 Å². The summed E-state index contributed by atoms with van der Waals surface area (Å²) in [6.07, 6.45) is 52.1. The van der Waals surface area contributed by atoms with Crippen LogP contribution in [-0.2, 0) is 28.6 Å². The van der Waals surface area contributed by atoms with Crippen LogP contribution >= 0.6 is 0 Å². The van der Waals surface area contributed by atoms with Crippen molar-refractivity contribution in [1.82, 2.24) is 0 Å². The third kappa shape index (κ3) is 42.1. The van der Waals surface area contributed by atoms with Crippen LogP contribution in [0, 0.1) is 0 Å². The Labute approximate surface area is 339 Å². The Morgan fingerprint density at radius 2 is 0.727 bits per heavy atom. The van der Waals surface area contributed by atoms with E-state index in [1.165, 1.54) is 77.0 Å². The summed E-state index contributed by atoms with van der Waals surface area (Å²) in [5.41, 5.74) is 0. The molecule has 0 aromatic rings. The highest BCUT2D eigenvalue weighted by Crippen LogP contribution is 2.13. The van der Waals surface area contributed by atoms with Crippen molar-refractivity contribution in [3.8, 4) is 0 Å². The van der Waals surface area contributed by atoms with Crippen molar-refractivity contribution in [3.05, 3.63) is 60.8 Å². The minimum absolute atomic E-state index is 0.0959. The molecule has 0 saturated carbocycles. The lowest BCUT2D eigenvalue weighted by atomic mass is 10.1. The first kappa shape index (κ1) is 52.1. The topological polar surface area (TPSA) is 78.9 Å². The van der Waals surface area contributed by atoms with Crippen molar-refractivity contribution in [3.63, 3.8) is 0 Å². The monoisotopic (exact) mass is 769 g/mol. The SMILES string of the molecule is CC/C=C\C/C=C\C/C=C\CCCCC(=O)OC(COC(=O)CCCCCC/C=C\CCCC)COC(=O)CCCCCCCCC/C=C\CCCCCC. The second kappa shape index (κ2) is 43.8. The third-order valence-electron chi connectivity index (χ3n) is 9.48. The minimum atomic E-state index is -0.797. The van der Waals surface area contributed by atoms with E-state index in [9.17, 15) is 14.4 Å². The fourth-order valence-corrected chi connectivity index (χ4v) is 6.02. The molecule has 0 amide bonds. The predicted molar refractivity (Wildman–Crippen MR) is 233 cm³/mol. The zero-order valence-corrected chi connectivity index (χ0v) is 35.9. The molecule has 0 aliphatic rings. The number of allylic oxidation sites excluding steroid dienone is 10. The highest BCUT2D eigenvalue weighted by Gasteiger charge is 2.19. The fraction of sp³-hybridized carbons (Fsp3) is 0.735. The molecule has 0 aromatic carbocycles. The van der Waals surface area contributed by atoms with Crippen LogP contribution in [0.15, 0.2) is 60.8 Å². The average Bonchev–Trinajstić information content (AvgIpc) is 3.18. The molecular formula is C49H84O6. The zero-order valence-electron chi connectivity index (χ0n) is 35.9. The molecule has 0 N–H and O–H groups in total. The van der Waals surface area contributed by atoms with Crippen molar-refractivity contribution in [2.45, 2.75) is 219 Å². The molecule has 0 fully saturated rings. The van der Waals surface area contributed by atoms with Gasteiger partial charge in [-0.25, -0.2) is 0 Å². The summed E-state index contributed by atoms with van der Waals surface area (Å²) in [4.78, 5) is 37.7. The van der Waals surface area contributed by atoms with Crippen LogP contribution in [0.5, 0.6) is 0 Å². The van der Waals surface area contributed by atoms with Gasteiger partial charge in [-0.1, -0.05) is 159 Å². The van der Waals surface area contributed by atoms with E-state index < -0.39 is 6.10 Å². The molecule has 1 atom stereocenters. The first-order valence-corrected chi connectivity index (χ1v) is 22.8. The van der Waals surface area contributed by atoms with Gasteiger partial charge in [0.15, 0.2) is 6.10 Å². The van der Waals surface area contributed by atoms with Crippen LogP contribution in [-0.4, -0.2) is 37.2 Å². The Morgan fingerprint density at radius 1 is 0.382 bits per heavy atom. The normalized spacial score (nSPS) is 12.6. The number of hydrogen-bond acceptors (Lipinski definition) is 6. The molecule has 0 aromatic heterocycles. The lowest BCUT2D eigenvalue weighted by Crippen LogP contribution is -2.30. The van der Waals surface area contributed by atoms with Crippen LogP contribution < -0.4 is 0 Å². The van der Waals surface area contributed by atoms with Gasteiger partial charge in [-0.2, -0.15) is 0 Å². The Morgan fingerprint density at radius 3 is 1.22 bits per heavy atom. The summed E-state index contributed by atoms with van der Waals surface area (Å²) in [5, 5.41) is 0. The van der Waals surface area contributed by atoms with Crippen LogP contribution in [0.25, 0.3) is 0 Å². The molecule has 55 heavy (non-hydrogen) atoms. The first-order chi connectivity index (χ1) is 27.0. The maximum atomic E-state index is 12.7. The maximum Gasteiger partial charge on any atom is 0.306 e. The number of hydrogen-bond donors (Lipinski definition) is 0. The molecule has 6 heteroatoms. The Balaban J connectivity index is 4.43. The molecule has 1 unspecified atom stereocenters. The van der Waals surface area contributed by atoms with Crippen molar-refractivity contribution in [2.24, 2.45) is 0 Å². The van der Waals surface area contributed by atoms with Gasteiger partial charge in [0.2, 0.25) is 0 Å². The molecule has 0 aliphatic heterocycles. The molecule has 6 nitrogen and oxygen atoms in total. The van der Waals surface area contributed by atoms with Gasteiger partial charge in [-0.05, 0) is 96.3 Å². The van der Waals surface area contributed by atoms with E-state index in [0.29, 0.717) is 19.3 Å². The third-order valence-corrected chi connectivity index (χ3v) is 9.48. The summed E-state index contributed by atoms with van der Waals surface area (Å²) >= 11 is 0.